The Bertz CT molecular complexity index is 1070. The zero-order chi connectivity index (χ0) is 20.4. The van der Waals surface area contributed by atoms with Gasteiger partial charge in [-0.3, -0.25) is 14.2 Å². The number of amides is 1. The summed E-state index contributed by atoms with van der Waals surface area (Å²) in [4.78, 5) is 32.4. The van der Waals surface area contributed by atoms with Gasteiger partial charge in [0.05, 0.1) is 17.8 Å². The van der Waals surface area contributed by atoms with Gasteiger partial charge in [-0.25, -0.2) is 4.98 Å². The third-order valence-corrected chi connectivity index (χ3v) is 6.87. The second-order valence-corrected chi connectivity index (χ2v) is 9.11. The smallest absolute Gasteiger partial charge is 0.262 e. The van der Waals surface area contributed by atoms with Crippen molar-refractivity contribution in [2.75, 3.05) is 0 Å². The lowest BCUT2D eigenvalue weighted by Crippen LogP contribution is -2.35. The summed E-state index contributed by atoms with van der Waals surface area (Å²) < 4.78 is 1.46. The summed E-state index contributed by atoms with van der Waals surface area (Å²) >= 11 is 1.63. The van der Waals surface area contributed by atoms with E-state index >= 15 is 0 Å². The number of carbonyl (C=O) groups excluding carboxylic acids is 1. The third kappa shape index (κ3) is 4.13. The minimum atomic E-state index is -0.159. The Morgan fingerprint density at radius 1 is 1.34 bits per heavy atom. The molecule has 0 radical (unpaired) electrons. The van der Waals surface area contributed by atoms with E-state index in [1.165, 1.54) is 15.8 Å². The molecule has 0 aliphatic heterocycles. The Balaban J connectivity index is 1.56. The van der Waals surface area contributed by atoms with E-state index in [1.807, 2.05) is 30.3 Å². The Labute approximate surface area is 174 Å². The van der Waals surface area contributed by atoms with Gasteiger partial charge in [0.25, 0.3) is 5.56 Å². The van der Waals surface area contributed by atoms with Gasteiger partial charge in [0.15, 0.2) is 0 Å². The van der Waals surface area contributed by atoms with Crippen LogP contribution >= 0.6 is 11.3 Å². The molecule has 0 saturated carbocycles. The lowest BCUT2D eigenvalue weighted by atomic mass is 9.89. The highest BCUT2D eigenvalue weighted by atomic mass is 32.1. The summed E-state index contributed by atoms with van der Waals surface area (Å²) in [7, 11) is 0. The quantitative estimate of drug-likeness (QED) is 0.662. The number of fused-ring (bicyclic) bond motifs is 3. The molecule has 2 aromatic heterocycles. The van der Waals surface area contributed by atoms with Crippen LogP contribution in [0.2, 0.25) is 0 Å². The number of aryl methyl sites for hydroxylation is 1. The van der Waals surface area contributed by atoms with Crippen LogP contribution in [-0.4, -0.2) is 15.5 Å². The second-order valence-electron chi connectivity index (χ2n) is 8.03. The highest BCUT2D eigenvalue weighted by Gasteiger charge is 2.23. The molecule has 0 spiro atoms. The van der Waals surface area contributed by atoms with Crippen molar-refractivity contribution in [1.29, 1.82) is 0 Å². The first-order valence-corrected chi connectivity index (χ1v) is 11.2. The maximum Gasteiger partial charge on any atom is 0.262 e. The molecule has 2 unspecified atom stereocenters. The minimum absolute atomic E-state index is 0.00412. The predicted molar refractivity (Wildman–Crippen MR) is 117 cm³/mol. The van der Waals surface area contributed by atoms with Gasteiger partial charge in [-0.05, 0) is 42.7 Å². The molecule has 6 heteroatoms. The molecular weight excluding hydrogens is 382 g/mol. The van der Waals surface area contributed by atoms with Crippen LogP contribution in [0, 0.1) is 5.92 Å². The molecule has 1 amide bonds. The lowest BCUT2D eigenvalue weighted by molar-refractivity contribution is -0.122. The van der Waals surface area contributed by atoms with Crippen molar-refractivity contribution in [3.8, 4) is 0 Å². The third-order valence-electron chi connectivity index (χ3n) is 5.71. The number of hydrogen-bond acceptors (Lipinski definition) is 4. The normalized spacial score (nSPS) is 17.1. The fourth-order valence-corrected chi connectivity index (χ4v) is 5.51. The molecule has 152 valence electrons. The van der Waals surface area contributed by atoms with Gasteiger partial charge in [-0.15, -0.1) is 11.3 Å². The molecule has 2 atom stereocenters. The molecule has 29 heavy (non-hydrogen) atoms. The number of thiophene rings is 1. The molecule has 4 rings (SSSR count). The van der Waals surface area contributed by atoms with Crippen molar-refractivity contribution in [2.45, 2.75) is 58.5 Å². The molecule has 3 aromatic rings. The number of aromatic nitrogens is 2. The van der Waals surface area contributed by atoms with Crippen molar-refractivity contribution in [1.82, 2.24) is 14.9 Å². The number of nitrogens with one attached hydrogen (secondary N) is 1. The zero-order valence-electron chi connectivity index (χ0n) is 17.0. The van der Waals surface area contributed by atoms with Crippen LogP contribution in [0.25, 0.3) is 10.2 Å². The average molecular weight is 410 g/mol. The van der Waals surface area contributed by atoms with E-state index < -0.39 is 0 Å². The lowest BCUT2D eigenvalue weighted by Gasteiger charge is -2.19. The van der Waals surface area contributed by atoms with Crippen molar-refractivity contribution in [3.05, 3.63) is 63.0 Å². The van der Waals surface area contributed by atoms with E-state index in [-0.39, 0.29) is 24.1 Å². The molecule has 0 saturated heterocycles. The molecule has 2 heterocycles. The molecule has 1 N–H and O–H groups in total. The first-order chi connectivity index (χ1) is 14.1. The van der Waals surface area contributed by atoms with Gasteiger partial charge < -0.3 is 5.32 Å². The fourth-order valence-electron chi connectivity index (χ4n) is 4.17. The molecule has 1 aliphatic carbocycles. The summed E-state index contributed by atoms with van der Waals surface area (Å²) in [5.74, 6) is 0.491. The Morgan fingerprint density at radius 2 is 2.14 bits per heavy atom. The Morgan fingerprint density at radius 3 is 2.90 bits per heavy atom. The minimum Gasteiger partial charge on any atom is -0.348 e. The summed E-state index contributed by atoms with van der Waals surface area (Å²) in [6.45, 7) is 4.35. The average Bonchev–Trinajstić information content (AvgIpc) is 3.08. The van der Waals surface area contributed by atoms with E-state index in [2.05, 4.69) is 24.1 Å². The van der Waals surface area contributed by atoms with Crippen LogP contribution in [0.15, 0.2) is 41.5 Å². The maximum atomic E-state index is 13.1. The van der Waals surface area contributed by atoms with Crippen LogP contribution in [-0.2, 0) is 24.2 Å². The van der Waals surface area contributed by atoms with Crippen LogP contribution in [0.4, 0.5) is 0 Å². The van der Waals surface area contributed by atoms with Gasteiger partial charge in [0, 0.05) is 4.88 Å². The molecular formula is C23H27N3O2S. The van der Waals surface area contributed by atoms with E-state index in [4.69, 9.17) is 0 Å². The summed E-state index contributed by atoms with van der Waals surface area (Å²) in [5, 5.41) is 3.82. The van der Waals surface area contributed by atoms with E-state index in [0.29, 0.717) is 5.92 Å². The first-order valence-electron chi connectivity index (χ1n) is 10.4. The topological polar surface area (TPSA) is 64.0 Å². The first kappa shape index (κ1) is 19.8. The maximum absolute atomic E-state index is 13.1. The number of benzene rings is 1. The SMILES string of the molecule is CCCC(NC(=O)Cn1cnc2sc3c(c2c1=O)CCC(C)C3)c1ccccc1. The molecule has 1 aliphatic rings. The number of hydrogen-bond donors (Lipinski definition) is 1. The Kier molecular flexibility index (Phi) is 5.81. The van der Waals surface area contributed by atoms with Crippen molar-refractivity contribution in [2.24, 2.45) is 5.92 Å². The van der Waals surface area contributed by atoms with Gasteiger partial charge in [0.1, 0.15) is 11.4 Å². The number of rotatable bonds is 6. The highest BCUT2D eigenvalue weighted by Crippen LogP contribution is 2.35. The highest BCUT2D eigenvalue weighted by molar-refractivity contribution is 7.18. The zero-order valence-corrected chi connectivity index (χ0v) is 17.8. The van der Waals surface area contributed by atoms with Gasteiger partial charge in [0.2, 0.25) is 5.91 Å². The van der Waals surface area contributed by atoms with Gasteiger partial charge >= 0.3 is 0 Å². The standard InChI is InChI=1S/C23H27N3O2S/c1-3-7-18(16-8-5-4-6-9-16)25-20(27)13-26-14-24-22-21(23(26)28)17-11-10-15(2)12-19(17)29-22/h4-6,8-9,14-15,18H,3,7,10-13H2,1-2H3,(H,25,27). The second kappa shape index (κ2) is 8.49. The molecule has 0 bridgehead atoms. The van der Waals surface area contributed by atoms with Crippen molar-refractivity contribution < 1.29 is 4.79 Å². The van der Waals surface area contributed by atoms with Crippen LogP contribution in [0.1, 0.15) is 55.2 Å². The summed E-state index contributed by atoms with van der Waals surface area (Å²) in [5.41, 5.74) is 2.15. The number of carbonyl (C=O) groups is 1. The van der Waals surface area contributed by atoms with E-state index in [9.17, 15) is 9.59 Å². The number of nitrogens with zero attached hydrogens (tertiary/aromatic N) is 2. The summed E-state index contributed by atoms with van der Waals surface area (Å²) in [6, 6.07) is 9.94. The monoisotopic (exact) mass is 409 g/mol. The summed E-state index contributed by atoms with van der Waals surface area (Å²) in [6.07, 6.45) is 6.39. The molecule has 0 fully saturated rings. The Hall–Kier alpha value is -2.47. The predicted octanol–water partition coefficient (Wildman–Crippen LogP) is 4.24. The van der Waals surface area contributed by atoms with Gasteiger partial charge in [-0.1, -0.05) is 50.6 Å². The van der Waals surface area contributed by atoms with Crippen LogP contribution < -0.4 is 10.9 Å². The van der Waals surface area contributed by atoms with Crippen molar-refractivity contribution in [3.63, 3.8) is 0 Å². The molecule has 1 aromatic carbocycles. The van der Waals surface area contributed by atoms with E-state index in [1.54, 1.807) is 11.3 Å². The van der Waals surface area contributed by atoms with E-state index in [0.717, 1.165) is 53.4 Å². The molecule has 5 nitrogen and oxygen atoms in total. The van der Waals surface area contributed by atoms with Crippen LogP contribution in [0.5, 0.6) is 0 Å². The largest absolute Gasteiger partial charge is 0.348 e. The fraction of sp³-hybridized carbons (Fsp3) is 0.435. The van der Waals surface area contributed by atoms with Crippen LogP contribution in [0.3, 0.4) is 0 Å². The van der Waals surface area contributed by atoms with Crippen molar-refractivity contribution >= 4 is 27.5 Å². The van der Waals surface area contributed by atoms with Gasteiger partial charge in [-0.2, -0.15) is 0 Å².